The molecule has 20 heavy (non-hydrogen) atoms. The van der Waals surface area contributed by atoms with Gasteiger partial charge in [-0.3, -0.25) is 4.79 Å². The lowest BCUT2D eigenvalue weighted by atomic mass is 10.3. The number of rotatable bonds is 4. The molecule has 0 radical (unpaired) electrons. The van der Waals surface area contributed by atoms with Gasteiger partial charge in [-0.15, -0.1) is 0 Å². The summed E-state index contributed by atoms with van der Waals surface area (Å²) in [6, 6.07) is 0.184. The van der Waals surface area contributed by atoms with Crippen molar-refractivity contribution >= 4 is 52.4 Å². The molecule has 2 rings (SSSR count). The summed E-state index contributed by atoms with van der Waals surface area (Å²) in [7, 11) is 0. The van der Waals surface area contributed by atoms with Gasteiger partial charge in [0.05, 0.1) is 10.7 Å². The molecule has 0 spiro atoms. The summed E-state index contributed by atoms with van der Waals surface area (Å²) < 4.78 is 4.79. The molecule has 1 aromatic heterocycles. The third-order valence-corrected chi connectivity index (χ3v) is 3.68. The van der Waals surface area contributed by atoms with Crippen LogP contribution in [0.3, 0.4) is 0 Å². The summed E-state index contributed by atoms with van der Waals surface area (Å²) in [5, 5.41) is 2.30. The van der Waals surface area contributed by atoms with E-state index in [2.05, 4.69) is 10.3 Å². The maximum atomic E-state index is 11.8. The van der Waals surface area contributed by atoms with Gasteiger partial charge in [0.15, 0.2) is 17.5 Å². The van der Waals surface area contributed by atoms with Crippen LogP contribution in [0.5, 0.6) is 0 Å². The Morgan fingerprint density at radius 3 is 2.55 bits per heavy atom. The second kappa shape index (κ2) is 6.03. The summed E-state index contributed by atoms with van der Waals surface area (Å²) in [5.41, 5.74) is 5.23. The van der Waals surface area contributed by atoms with Crippen LogP contribution in [0.15, 0.2) is 0 Å². The second-order valence-electron chi connectivity index (χ2n) is 4.21. The van der Waals surface area contributed by atoms with Gasteiger partial charge in [0.2, 0.25) is 0 Å². The minimum Gasteiger partial charge on any atom is -0.451 e. The Hall–Kier alpha value is -1.24. The van der Waals surface area contributed by atoms with E-state index in [4.69, 9.17) is 45.3 Å². The van der Waals surface area contributed by atoms with Gasteiger partial charge < -0.3 is 15.8 Å². The SMILES string of the molecule is Nc1c(Cl)c(Cl)nc(C(=O)OCC(=O)NC2CC2)c1Cl. The van der Waals surface area contributed by atoms with E-state index < -0.39 is 12.6 Å². The molecule has 1 aliphatic rings. The highest BCUT2D eigenvalue weighted by atomic mass is 35.5. The molecule has 3 N–H and O–H groups in total. The lowest BCUT2D eigenvalue weighted by Gasteiger charge is -2.09. The van der Waals surface area contributed by atoms with E-state index in [-0.39, 0.29) is 38.5 Å². The molecule has 9 heteroatoms. The third-order valence-electron chi connectivity index (χ3n) is 2.54. The van der Waals surface area contributed by atoms with Crippen LogP contribution in [0.4, 0.5) is 5.69 Å². The summed E-state index contributed by atoms with van der Waals surface area (Å²) in [6.45, 7) is -0.423. The molecule has 0 saturated heterocycles. The van der Waals surface area contributed by atoms with Crippen molar-refractivity contribution in [3.05, 3.63) is 20.9 Å². The molecule has 1 heterocycles. The molecule has 1 aromatic rings. The topological polar surface area (TPSA) is 94.3 Å². The van der Waals surface area contributed by atoms with Gasteiger partial charge >= 0.3 is 5.97 Å². The summed E-state index contributed by atoms with van der Waals surface area (Å²) in [4.78, 5) is 26.9. The molecule has 0 aromatic carbocycles. The maximum Gasteiger partial charge on any atom is 0.359 e. The number of halogens is 3. The average molecular weight is 339 g/mol. The fourth-order valence-corrected chi connectivity index (χ4v) is 1.95. The van der Waals surface area contributed by atoms with Crippen LogP contribution in [0.25, 0.3) is 0 Å². The number of aromatic nitrogens is 1. The minimum atomic E-state index is -0.897. The van der Waals surface area contributed by atoms with Gasteiger partial charge in [-0.05, 0) is 12.8 Å². The van der Waals surface area contributed by atoms with E-state index in [0.717, 1.165) is 12.8 Å². The number of carbonyl (C=O) groups excluding carboxylic acids is 2. The first-order valence-electron chi connectivity index (χ1n) is 5.66. The number of pyridine rings is 1. The fourth-order valence-electron chi connectivity index (χ4n) is 1.36. The van der Waals surface area contributed by atoms with E-state index in [1.165, 1.54) is 0 Å². The molecule has 6 nitrogen and oxygen atoms in total. The van der Waals surface area contributed by atoms with Crippen LogP contribution in [0.1, 0.15) is 23.3 Å². The van der Waals surface area contributed by atoms with Crippen molar-refractivity contribution in [1.82, 2.24) is 10.3 Å². The molecule has 0 aliphatic heterocycles. The molecule has 0 atom stereocenters. The highest BCUT2D eigenvalue weighted by Crippen LogP contribution is 2.34. The van der Waals surface area contributed by atoms with Crippen molar-refractivity contribution in [3.8, 4) is 0 Å². The number of hydrogen-bond acceptors (Lipinski definition) is 5. The number of nitrogen functional groups attached to an aromatic ring is 1. The Balaban J connectivity index is 2.03. The molecule has 0 unspecified atom stereocenters. The van der Waals surface area contributed by atoms with Crippen molar-refractivity contribution < 1.29 is 14.3 Å². The fraction of sp³-hybridized carbons (Fsp3) is 0.364. The van der Waals surface area contributed by atoms with Crippen LogP contribution in [-0.2, 0) is 9.53 Å². The lowest BCUT2D eigenvalue weighted by molar-refractivity contribution is -0.124. The number of ether oxygens (including phenoxy) is 1. The first-order valence-corrected chi connectivity index (χ1v) is 6.80. The quantitative estimate of drug-likeness (QED) is 0.647. The molecule has 1 fully saturated rings. The normalized spacial score (nSPS) is 13.9. The number of amides is 1. The first-order chi connectivity index (χ1) is 9.40. The van der Waals surface area contributed by atoms with Crippen LogP contribution in [-0.4, -0.2) is 29.5 Å². The van der Waals surface area contributed by atoms with E-state index in [9.17, 15) is 9.59 Å². The van der Waals surface area contributed by atoms with Gasteiger partial charge in [-0.25, -0.2) is 9.78 Å². The van der Waals surface area contributed by atoms with Gasteiger partial charge in [0.25, 0.3) is 5.91 Å². The van der Waals surface area contributed by atoms with Crippen LogP contribution < -0.4 is 11.1 Å². The van der Waals surface area contributed by atoms with Crippen LogP contribution >= 0.6 is 34.8 Å². The largest absolute Gasteiger partial charge is 0.451 e. The smallest absolute Gasteiger partial charge is 0.359 e. The van der Waals surface area contributed by atoms with E-state index >= 15 is 0 Å². The van der Waals surface area contributed by atoms with Crippen LogP contribution in [0.2, 0.25) is 15.2 Å². The molecule has 1 aliphatic carbocycles. The molecule has 108 valence electrons. The van der Waals surface area contributed by atoms with E-state index in [0.29, 0.717) is 0 Å². The van der Waals surface area contributed by atoms with Crippen LogP contribution in [0, 0.1) is 0 Å². The Kier molecular flexibility index (Phi) is 4.57. The number of nitrogens with one attached hydrogen (secondary N) is 1. The van der Waals surface area contributed by atoms with Crippen molar-refractivity contribution in [1.29, 1.82) is 0 Å². The number of carbonyl (C=O) groups is 2. The standard InChI is InChI=1S/C11H10Cl3N3O3/c12-6-8(15)7(13)10(14)17-9(6)11(19)20-3-5(18)16-4-1-2-4/h4H,1-3H2,(H2,15,17)(H,16,18). The highest BCUT2D eigenvalue weighted by molar-refractivity contribution is 6.46. The van der Waals surface area contributed by atoms with Gasteiger partial charge in [-0.1, -0.05) is 34.8 Å². The van der Waals surface area contributed by atoms with E-state index in [1.807, 2.05) is 0 Å². The number of nitrogens with zero attached hydrogens (tertiary/aromatic N) is 1. The van der Waals surface area contributed by atoms with Gasteiger partial charge in [-0.2, -0.15) is 0 Å². The Bertz CT molecular complexity index is 576. The number of esters is 1. The molecule has 1 saturated carbocycles. The Morgan fingerprint density at radius 1 is 1.30 bits per heavy atom. The minimum absolute atomic E-state index is 0.0420. The molecular weight excluding hydrogens is 328 g/mol. The summed E-state index contributed by atoms with van der Waals surface area (Å²) >= 11 is 17.3. The summed E-state index contributed by atoms with van der Waals surface area (Å²) in [6.07, 6.45) is 1.88. The zero-order valence-corrected chi connectivity index (χ0v) is 12.3. The zero-order valence-electron chi connectivity index (χ0n) is 10.1. The van der Waals surface area contributed by atoms with Gasteiger partial charge in [0, 0.05) is 6.04 Å². The molecule has 0 bridgehead atoms. The van der Waals surface area contributed by atoms with E-state index in [1.54, 1.807) is 0 Å². The van der Waals surface area contributed by atoms with Gasteiger partial charge in [0.1, 0.15) is 5.02 Å². The van der Waals surface area contributed by atoms with Crippen molar-refractivity contribution in [3.63, 3.8) is 0 Å². The molecular formula is C11H10Cl3N3O3. The number of hydrogen-bond donors (Lipinski definition) is 2. The Morgan fingerprint density at radius 2 is 1.95 bits per heavy atom. The number of anilines is 1. The molecule has 1 amide bonds. The Labute approximate surface area is 129 Å². The monoisotopic (exact) mass is 337 g/mol. The number of nitrogens with two attached hydrogens (primary N) is 1. The third kappa shape index (κ3) is 3.45. The van der Waals surface area contributed by atoms with Crippen molar-refractivity contribution in [2.45, 2.75) is 18.9 Å². The second-order valence-corrected chi connectivity index (χ2v) is 5.32. The predicted octanol–water partition coefficient (Wildman–Crippen LogP) is 2.06. The average Bonchev–Trinajstić information content (AvgIpc) is 3.21. The highest BCUT2D eigenvalue weighted by Gasteiger charge is 2.25. The van der Waals surface area contributed by atoms with Crippen molar-refractivity contribution in [2.75, 3.05) is 12.3 Å². The zero-order chi connectivity index (χ0) is 14.9. The first kappa shape index (κ1) is 15.2. The summed E-state index contributed by atoms with van der Waals surface area (Å²) in [5.74, 6) is -1.28. The maximum absolute atomic E-state index is 11.8. The predicted molar refractivity (Wildman–Crippen MR) is 75.1 cm³/mol. The van der Waals surface area contributed by atoms with Crippen molar-refractivity contribution in [2.24, 2.45) is 0 Å². The lowest BCUT2D eigenvalue weighted by Crippen LogP contribution is -2.30.